The largest absolute Gasteiger partial charge is 0.345 e. The Hall–Kier alpha value is -2.76. The van der Waals surface area contributed by atoms with Gasteiger partial charge in [0.25, 0.3) is 5.91 Å². The number of aryl methyl sites for hydroxylation is 1. The van der Waals surface area contributed by atoms with Crippen LogP contribution in [-0.2, 0) is 11.3 Å². The topological polar surface area (TPSA) is 49.4 Å². The van der Waals surface area contributed by atoms with Gasteiger partial charge in [-0.15, -0.1) is 11.8 Å². The molecule has 3 aromatic carbocycles. The number of thioether (sulfide) groups is 1. The van der Waals surface area contributed by atoms with E-state index in [0.29, 0.717) is 22.9 Å². The molecule has 6 heteroatoms. The molecule has 1 fully saturated rings. The van der Waals surface area contributed by atoms with E-state index in [1.165, 1.54) is 5.56 Å². The Bertz CT molecular complexity index is 1110. The summed E-state index contributed by atoms with van der Waals surface area (Å²) in [7, 11) is 0. The molecular weight excluding hydrogens is 452 g/mol. The van der Waals surface area contributed by atoms with Gasteiger partial charge in [-0.3, -0.25) is 9.59 Å². The highest BCUT2D eigenvalue weighted by Gasteiger charge is 2.32. The molecule has 4 rings (SSSR count). The summed E-state index contributed by atoms with van der Waals surface area (Å²) >= 11 is 7.60. The number of carbonyl (C=O) groups is 2. The maximum absolute atomic E-state index is 12.9. The molecular formula is C27H27ClN2O2S. The molecule has 0 spiro atoms. The zero-order chi connectivity index (χ0) is 23.4. The maximum atomic E-state index is 12.9. The molecule has 0 saturated carbocycles. The summed E-state index contributed by atoms with van der Waals surface area (Å²) in [5.41, 5.74) is 4.97. The lowest BCUT2D eigenvalue weighted by Crippen LogP contribution is -2.28. The third-order valence-electron chi connectivity index (χ3n) is 5.89. The van der Waals surface area contributed by atoms with Crippen molar-refractivity contribution in [1.82, 2.24) is 10.2 Å². The van der Waals surface area contributed by atoms with Crippen LogP contribution in [0.15, 0.2) is 72.8 Å². The monoisotopic (exact) mass is 478 g/mol. The molecule has 0 unspecified atom stereocenters. The zero-order valence-corrected chi connectivity index (χ0v) is 20.3. The lowest BCUT2D eigenvalue weighted by Gasteiger charge is -2.24. The maximum Gasteiger partial charge on any atom is 0.251 e. The molecule has 0 bridgehead atoms. The van der Waals surface area contributed by atoms with Gasteiger partial charge < -0.3 is 10.2 Å². The van der Waals surface area contributed by atoms with Crippen LogP contribution in [0.2, 0.25) is 5.02 Å². The summed E-state index contributed by atoms with van der Waals surface area (Å²) in [6.45, 7) is 4.65. The van der Waals surface area contributed by atoms with Crippen molar-refractivity contribution in [2.45, 2.75) is 38.2 Å². The van der Waals surface area contributed by atoms with Gasteiger partial charge in [-0.05, 0) is 54.3 Å². The summed E-state index contributed by atoms with van der Waals surface area (Å²) in [6.07, 6.45) is 0.813. The Morgan fingerprint density at radius 1 is 1.06 bits per heavy atom. The molecule has 33 heavy (non-hydrogen) atoms. The van der Waals surface area contributed by atoms with Gasteiger partial charge in [-0.25, -0.2) is 0 Å². The van der Waals surface area contributed by atoms with Crippen molar-refractivity contribution in [1.29, 1.82) is 0 Å². The second-order valence-corrected chi connectivity index (χ2v) is 9.78. The Morgan fingerprint density at radius 2 is 1.73 bits per heavy atom. The normalized spacial score (nSPS) is 16.6. The van der Waals surface area contributed by atoms with Crippen molar-refractivity contribution < 1.29 is 9.59 Å². The fraction of sp³-hybridized carbons (Fsp3) is 0.259. The van der Waals surface area contributed by atoms with Crippen LogP contribution >= 0.6 is 23.4 Å². The van der Waals surface area contributed by atoms with E-state index in [0.717, 1.165) is 23.1 Å². The summed E-state index contributed by atoms with van der Waals surface area (Å²) in [5.74, 6) is 0.475. The smallest absolute Gasteiger partial charge is 0.251 e. The predicted octanol–water partition coefficient (Wildman–Crippen LogP) is 6.30. The van der Waals surface area contributed by atoms with Crippen molar-refractivity contribution in [2.24, 2.45) is 0 Å². The fourth-order valence-corrected chi connectivity index (χ4v) is 5.26. The van der Waals surface area contributed by atoms with Crippen LogP contribution in [0.3, 0.4) is 0 Å². The molecule has 0 radical (unpaired) electrons. The summed E-state index contributed by atoms with van der Waals surface area (Å²) in [4.78, 5) is 27.3. The number of rotatable bonds is 7. The van der Waals surface area contributed by atoms with Gasteiger partial charge in [0.2, 0.25) is 5.91 Å². The van der Waals surface area contributed by atoms with Crippen LogP contribution in [0.25, 0.3) is 0 Å². The molecule has 4 nitrogen and oxygen atoms in total. The average molecular weight is 479 g/mol. The van der Waals surface area contributed by atoms with Crippen LogP contribution in [-0.4, -0.2) is 22.5 Å². The lowest BCUT2D eigenvalue weighted by atomic mass is 10.0. The number of nitrogens with one attached hydrogen (secondary N) is 1. The van der Waals surface area contributed by atoms with Crippen molar-refractivity contribution in [3.05, 3.63) is 106 Å². The quantitative estimate of drug-likeness (QED) is 0.433. The van der Waals surface area contributed by atoms with Gasteiger partial charge in [-0.2, -0.15) is 0 Å². The first-order valence-electron chi connectivity index (χ1n) is 11.1. The number of carbonyl (C=O) groups excluding carboxylic acids is 2. The van der Waals surface area contributed by atoms with E-state index in [9.17, 15) is 9.59 Å². The highest BCUT2D eigenvalue weighted by Crippen LogP contribution is 2.39. The second kappa shape index (κ2) is 10.4. The molecule has 1 heterocycles. The molecule has 2 amide bonds. The van der Waals surface area contributed by atoms with Crippen LogP contribution in [0.5, 0.6) is 0 Å². The Labute approximate surface area is 204 Å². The third kappa shape index (κ3) is 5.60. The van der Waals surface area contributed by atoms with E-state index in [1.54, 1.807) is 11.8 Å². The molecule has 1 aliphatic heterocycles. The number of hydrogen-bond donors (Lipinski definition) is 1. The van der Waals surface area contributed by atoms with E-state index in [2.05, 4.69) is 43.4 Å². The van der Waals surface area contributed by atoms with Gasteiger partial charge in [0.1, 0.15) is 5.37 Å². The minimum Gasteiger partial charge on any atom is -0.345 e. The first-order valence-corrected chi connectivity index (χ1v) is 12.5. The van der Waals surface area contributed by atoms with Crippen molar-refractivity contribution in [3.8, 4) is 0 Å². The number of hydrogen-bond acceptors (Lipinski definition) is 3. The zero-order valence-electron chi connectivity index (χ0n) is 18.8. The van der Waals surface area contributed by atoms with E-state index in [4.69, 9.17) is 11.6 Å². The van der Waals surface area contributed by atoms with Crippen molar-refractivity contribution in [2.75, 3.05) is 5.75 Å². The predicted molar refractivity (Wildman–Crippen MR) is 135 cm³/mol. The average Bonchev–Trinajstić information content (AvgIpc) is 3.19. The standard InChI is InChI=1S/C27H27ClN2O2S/c1-3-24(20-8-4-18(2)5-9-20)29-26(32)21-10-12-22(13-11-21)27-30(25(31)17-33-27)16-19-6-14-23(28)15-7-19/h4-15,24,27H,3,16-17H2,1-2H3,(H,29,32)/t24-,27+/m0/s1. The van der Waals surface area contributed by atoms with Gasteiger partial charge in [0.15, 0.2) is 0 Å². The van der Waals surface area contributed by atoms with Crippen molar-refractivity contribution >= 4 is 35.2 Å². The first-order chi connectivity index (χ1) is 15.9. The van der Waals surface area contributed by atoms with Gasteiger partial charge >= 0.3 is 0 Å². The summed E-state index contributed by atoms with van der Waals surface area (Å²) in [5, 5.41) is 3.75. The molecule has 1 aliphatic rings. The minimum absolute atomic E-state index is 0.0318. The number of amides is 2. The Kier molecular flexibility index (Phi) is 7.41. The molecule has 1 saturated heterocycles. The van der Waals surface area contributed by atoms with E-state index in [1.807, 2.05) is 53.4 Å². The third-order valence-corrected chi connectivity index (χ3v) is 7.39. The summed E-state index contributed by atoms with van der Waals surface area (Å²) < 4.78 is 0. The van der Waals surface area contributed by atoms with Crippen molar-refractivity contribution in [3.63, 3.8) is 0 Å². The first kappa shape index (κ1) is 23.4. The fourth-order valence-electron chi connectivity index (χ4n) is 3.95. The second-order valence-electron chi connectivity index (χ2n) is 8.28. The number of benzene rings is 3. The minimum atomic E-state index is -0.0952. The van der Waals surface area contributed by atoms with E-state index in [-0.39, 0.29) is 23.2 Å². The highest BCUT2D eigenvalue weighted by molar-refractivity contribution is 8.00. The van der Waals surface area contributed by atoms with E-state index < -0.39 is 0 Å². The molecule has 3 aromatic rings. The molecule has 1 N–H and O–H groups in total. The summed E-state index contributed by atoms with van der Waals surface area (Å²) in [6, 6.07) is 23.4. The lowest BCUT2D eigenvalue weighted by molar-refractivity contribution is -0.128. The van der Waals surface area contributed by atoms with Gasteiger partial charge in [0, 0.05) is 17.1 Å². The van der Waals surface area contributed by atoms with E-state index >= 15 is 0 Å². The van der Waals surface area contributed by atoms with Crippen LogP contribution in [0, 0.1) is 6.92 Å². The van der Waals surface area contributed by atoms with Gasteiger partial charge in [-0.1, -0.05) is 72.6 Å². The molecule has 0 aliphatic carbocycles. The van der Waals surface area contributed by atoms with Gasteiger partial charge in [0.05, 0.1) is 11.8 Å². The number of nitrogens with zero attached hydrogens (tertiary/aromatic N) is 1. The molecule has 2 atom stereocenters. The molecule has 170 valence electrons. The highest BCUT2D eigenvalue weighted by atomic mass is 35.5. The Morgan fingerprint density at radius 3 is 2.36 bits per heavy atom. The molecule has 0 aromatic heterocycles. The van der Waals surface area contributed by atoms with Crippen LogP contribution < -0.4 is 5.32 Å². The van der Waals surface area contributed by atoms with Crippen LogP contribution in [0.1, 0.15) is 57.4 Å². The Balaban J connectivity index is 1.45. The SMILES string of the molecule is CC[C@H](NC(=O)c1ccc([C@H]2SCC(=O)N2Cc2ccc(Cl)cc2)cc1)c1ccc(C)cc1. The van der Waals surface area contributed by atoms with Crippen LogP contribution in [0.4, 0.5) is 0 Å². The number of halogens is 1.